The number of nitrogens with two attached hydrogens (primary N) is 1. The van der Waals surface area contributed by atoms with Crippen molar-refractivity contribution in [2.24, 2.45) is 5.73 Å². The molecule has 0 saturated carbocycles. The highest BCUT2D eigenvalue weighted by atomic mass is 19.3. The predicted octanol–water partition coefficient (Wildman–Crippen LogP) is 3.05. The number of rotatable bonds is 4. The summed E-state index contributed by atoms with van der Waals surface area (Å²) in [7, 11) is 0. The van der Waals surface area contributed by atoms with Crippen LogP contribution in [0.25, 0.3) is 0 Å². The van der Waals surface area contributed by atoms with E-state index in [0.29, 0.717) is 5.75 Å². The van der Waals surface area contributed by atoms with Gasteiger partial charge in [-0.05, 0) is 31.0 Å². The fourth-order valence-electron chi connectivity index (χ4n) is 1.32. The van der Waals surface area contributed by atoms with E-state index < -0.39 is 12.5 Å². The highest BCUT2D eigenvalue weighted by Gasteiger charge is 2.22. The molecule has 1 aromatic rings. The zero-order valence-corrected chi connectivity index (χ0v) is 9.76. The molecule has 0 aliphatic heterocycles. The van der Waals surface area contributed by atoms with Crippen molar-refractivity contribution < 1.29 is 13.5 Å². The van der Waals surface area contributed by atoms with Crippen LogP contribution in [0.4, 0.5) is 8.78 Å². The van der Waals surface area contributed by atoms with Crippen molar-refractivity contribution in [1.29, 1.82) is 0 Å². The highest BCUT2D eigenvalue weighted by Crippen LogP contribution is 2.23. The molecule has 0 aliphatic carbocycles. The summed E-state index contributed by atoms with van der Waals surface area (Å²) < 4.78 is 30.2. The average molecular weight is 229 g/mol. The predicted molar refractivity (Wildman–Crippen MR) is 59.9 cm³/mol. The summed E-state index contributed by atoms with van der Waals surface area (Å²) in [4.78, 5) is 0. The van der Waals surface area contributed by atoms with Crippen molar-refractivity contribution >= 4 is 0 Å². The lowest BCUT2D eigenvalue weighted by Crippen LogP contribution is -2.21. The van der Waals surface area contributed by atoms with Gasteiger partial charge in [-0.15, -0.1) is 0 Å². The second kappa shape index (κ2) is 4.78. The lowest BCUT2D eigenvalue weighted by atomic mass is 10.1. The number of benzene rings is 1. The Bertz CT molecular complexity index is 359. The van der Waals surface area contributed by atoms with E-state index in [0.717, 1.165) is 18.1 Å². The molecule has 0 bridgehead atoms. The smallest absolute Gasteiger partial charge is 0.278 e. The van der Waals surface area contributed by atoms with E-state index in [1.807, 2.05) is 19.9 Å². The number of hydrogen-bond acceptors (Lipinski definition) is 2. The van der Waals surface area contributed by atoms with Gasteiger partial charge in [-0.3, -0.25) is 0 Å². The maximum atomic E-state index is 12.6. The third-order valence-electron chi connectivity index (χ3n) is 2.21. The first-order chi connectivity index (χ1) is 7.29. The van der Waals surface area contributed by atoms with Gasteiger partial charge in [0.2, 0.25) is 0 Å². The van der Waals surface area contributed by atoms with E-state index >= 15 is 0 Å². The molecule has 0 amide bonds. The molecule has 1 atom stereocenters. The molecule has 1 aromatic carbocycles. The minimum absolute atomic E-state index is 0.0691. The van der Waals surface area contributed by atoms with E-state index in [1.54, 1.807) is 12.1 Å². The Balaban J connectivity index is 2.76. The van der Waals surface area contributed by atoms with Crippen LogP contribution < -0.4 is 10.5 Å². The fourth-order valence-corrected chi connectivity index (χ4v) is 1.32. The third kappa shape index (κ3) is 3.77. The summed E-state index contributed by atoms with van der Waals surface area (Å²) in [5.41, 5.74) is 7.50. The number of halogens is 2. The minimum atomic E-state index is -2.81. The number of hydrogen-bond donors (Lipinski definition) is 1. The van der Waals surface area contributed by atoms with Crippen LogP contribution in [-0.2, 0) is 0 Å². The molecule has 0 fully saturated rings. The Morgan fingerprint density at radius 2 is 2.06 bits per heavy atom. The molecule has 0 aromatic heterocycles. The van der Waals surface area contributed by atoms with Crippen LogP contribution in [0.2, 0.25) is 0 Å². The van der Waals surface area contributed by atoms with Gasteiger partial charge in [0.05, 0.1) is 0 Å². The lowest BCUT2D eigenvalue weighted by molar-refractivity contribution is -0.0231. The maximum absolute atomic E-state index is 12.6. The van der Waals surface area contributed by atoms with E-state index in [1.165, 1.54) is 0 Å². The van der Waals surface area contributed by atoms with E-state index in [9.17, 15) is 8.78 Å². The maximum Gasteiger partial charge on any atom is 0.278 e. The molecule has 90 valence electrons. The SMILES string of the molecule is Cc1cc(C(C)N)ccc1OCC(C)(F)F. The van der Waals surface area contributed by atoms with Crippen molar-refractivity contribution in [3.63, 3.8) is 0 Å². The number of aryl methyl sites for hydroxylation is 1. The molecule has 16 heavy (non-hydrogen) atoms. The van der Waals surface area contributed by atoms with Crippen LogP contribution in [0.3, 0.4) is 0 Å². The standard InChI is InChI=1S/C12H17F2NO/c1-8-6-10(9(2)15)4-5-11(8)16-7-12(3,13)14/h4-6,9H,7,15H2,1-3H3. The first kappa shape index (κ1) is 12.9. The molecular formula is C12H17F2NO. The average Bonchev–Trinajstić information content (AvgIpc) is 2.14. The van der Waals surface area contributed by atoms with Crippen molar-refractivity contribution in [3.8, 4) is 5.75 Å². The van der Waals surface area contributed by atoms with E-state index in [4.69, 9.17) is 10.5 Å². The minimum Gasteiger partial charge on any atom is -0.487 e. The van der Waals surface area contributed by atoms with Gasteiger partial charge in [-0.25, -0.2) is 8.78 Å². The Morgan fingerprint density at radius 1 is 1.44 bits per heavy atom. The van der Waals surface area contributed by atoms with Gasteiger partial charge in [0.25, 0.3) is 5.92 Å². The van der Waals surface area contributed by atoms with E-state index in [-0.39, 0.29) is 6.04 Å². The van der Waals surface area contributed by atoms with Gasteiger partial charge in [0, 0.05) is 13.0 Å². The van der Waals surface area contributed by atoms with Crippen molar-refractivity contribution in [2.45, 2.75) is 32.7 Å². The second-order valence-electron chi connectivity index (χ2n) is 4.17. The lowest BCUT2D eigenvalue weighted by Gasteiger charge is -2.15. The van der Waals surface area contributed by atoms with Crippen LogP contribution in [0.5, 0.6) is 5.75 Å². The molecule has 0 heterocycles. The zero-order chi connectivity index (χ0) is 12.3. The summed E-state index contributed by atoms with van der Waals surface area (Å²) in [5.74, 6) is -2.34. The monoisotopic (exact) mass is 229 g/mol. The third-order valence-corrected chi connectivity index (χ3v) is 2.21. The quantitative estimate of drug-likeness (QED) is 0.861. The summed E-state index contributed by atoms with van der Waals surface area (Å²) in [6.07, 6.45) is 0. The summed E-state index contributed by atoms with van der Waals surface area (Å²) in [5, 5.41) is 0. The molecule has 0 spiro atoms. The molecule has 0 saturated heterocycles. The van der Waals surface area contributed by atoms with Gasteiger partial charge in [-0.1, -0.05) is 12.1 Å². The van der Waals surface area contributed by atoms with Gasteiger partial charge in [0.1, 0.15) is 5.75 Å². The van der Waals surface area contributed by atoms with Crippen LogP contribution in [0.1, 0.15) is 31.0 Å². The zero-order valence-electron chi connectivity index (χ0n) is 9.76. The number of alkyl halides is 2. The highest BCUT2D eigenvalue weighted by molar-refractivity contribution is 5.37. The van der Waals surface area contributed by atoms with Crippen LogP contribution >= 0.6 is 0 Å². The Morgan fingerprint density at radius 3 is 2.50 bits per heavy atom. The van der Waals surface area contributed by atoms with Crippen molar-refractivity contribution in [2.75, 3.05) is 6.61 Å². The largest absolute Gasteiger partial charge is 0.487 e. The Hall–Kier alpha value is -1.16. The van der Waals surface area contributed by atoms with Crippen LogP contribution in [0.15, 0.2) is 18.2 Å². The summed E-state index contributed by atoms with van der Waals surface area (Å²) in [6.45, 7) is 3.91. The molecule has 2 nitrogen and oxygen atoms in total. The fraction of sp³-hybridized carbons (Fsp3) is 0.500. The van der Waals surface area contributed by atoms with Crippen molar-refractivity contribution in [3.05, 3.63) is 29.3 Å². The van der Waals surface area contributed by atoms with Gasteiger partial charge in [-0.2, -0.15) is 0 Å². The van der Waals surface area contributed by atoms with Crippen LogP contribution in [0, 0.1) is 6.92 Å². The summed E-state index contributed by atoms with van der Waals surface area (Å²) >= 11 is 0. The molecule has 0 radical (unpaired) electrons. The molecule has 1 unspecified atom stereocenters. The topological polar surface area (TPSA) is 35.2 Å². The molecule has 4 heteroatoms. The molecular weight excluding hydrogens is 212 g/mol. The normalized spacial score (nSPS) is 13.6. The van der Waals surface area contributed by atoms with Crippen molar-refractivity contribution in [1.82, 2.24) is 0 Å². The van der Waals surface area contributed by atoms with Gasteiger partial charge < -0.3 is 10.5 Å². The summed E-state index contributed by atoms with van der Waals surface area (Å²) in [6, 6.07) is 5.26. The van der Waals surface area contributed by atoms with E-state index in [2.05, 4.69) is 0 Å². The van der Waals surface area contributed by atoms with Gasteiger partial charge in [0.15, 0.2) is 6.61 Å². The first-order valence-electron chi connectivity index (χ1n) is 5.16. The molecule has 0 aliphatic rings. The molecule has 2 N–H and O–H groups in total. The van der Waals surface area contributed by atoms with Crippen LogP contribution in [-0.4, -0.2) is 12.5 Å². The Labute approximate surface area is 94.4 Å². The van der Waals surface area contributed by atoms with Gasteiger partial charge >= 0.3 is 0 Å². The number of ether oxygens (including phenoxy) is 1. The first-order valence-corrected chi connectivity index (χ1v) is 5.16. The Kier molecular flexibility index (Phi) is 3.86. The second-order valence-corrected chi connectivity index (χ2v) is 4.17. The molecule has 1 rings (SSSR count).